The van der Waals surface area contributed by atoms with Crippen LogP contribution in [0.15, 0.2) is 29.2 Å². The molecule has 1 aromatic carbocycles. The normalized spacial score (nSPS) is 25.8. The Morgan fingerprint density at radius 1 is 1.24 bits per heavy atom. The Bertz CT molecular complexity index is 496. The third-order valence-corrected chi connectivity index (χ3v) is 5.62. The number of hydrogen-bond acceptors (Lipinski definition) is 3. The second kappa shape index (κ2) is 4.78. The Balaban J connectivity index is 2.50. The van der Waals surface area contributed by atoms with Crippen molar-refractivity contribution in [3.63, 3.8) is 0 Å². The molecule has 0 bridgehead atoms. The highest BCUT2D eigenvalue weighted by Gasteiger charge is 2.43. The lowest BCUT2D eigenvalue weighted by molar-refractivity contribution is 0.492. The maximum Gasteiger partial charge on any atom is 0.183 e. The van der Waals surface area contributed by atoms with Gasteiger partial charge in [-0.2, -0.15) is 0 Å². The molecule has 17 heavy (non-hydrogen) atoms. The minimum Gasteiger partial charge on any atom is -0.309 e. The lowest BCUT2D eigenvalue weighted by Gasteiger charge is -2.19. The standard InChI is InChI=1S/C13H19NO2S/c1-3-7-12-13(14-4-2)10-8-5-6-9-11(10)17(12,15)16/h5-6,8-9,12-14H,3-4,7H2,1-2H3. The average Bonchev–Trinajstić information content (AvgIpc) is 2.52. The molecule has 1 heterocycles. The lowest BCUT2D eigenvalue weighted by Crippen LogP contribution is -2.31. The molecule has 0 saturated carbocycles. The van der Waals surface area contributed by atoms with Crippen molar-refractivity contribution in [3.8, 4) is 0 Å². The van der Waals surface area contributed by atoms with Crippen LogP contribution < -0.4 is 5.32 Å². The summed E-state index contributed by atoms with van der Waals surface area (Å²) in [6.45, 7) is 4.83. The van der Waals surface area contributed by atoms with Crippen molar-refractivity contribution in [2.75, 3.05) is 6.54 Å². The van der Waals surface area contributed by atoms with Crippen molar-refractivity contribution in [3.05, 3.63) is 29.8 Å². The summed E-state index contributed by atoms with van der Waals surface area (Å²) < 4.78 is 24.8. The Kier molecular flexibility index (Phi) is 3.54. The van der Waals surface area contributed by atoms with Crippen LogP contribution in [0.3, 0.4) is 0 Å². The van der Waals surface area contributed by atoms with Crippen molar-refractivity contribution in [1.29, 1.82) is 0 Å². The molecule has 0 spiro atoms. The van der Waals surface area contributed by atoms with Crippen LogP contribution in [0.25, 0.3) is 0 Å². The molecule has 0 amide bonds. The van der Waals surface area contributed by atoms with E-state index < -0.39 is 9.84 Å². The maximum absolute atomic E-state index is 12.4. The third-order valence-electron chi connectivity index (χ3n) is 3.33. The summed E-state index contributed by atoms with van der Waals surface area (Å²) in [6, 6.07) is 7.32. The van der Waals surface area contributed by atoms with Crippen molar-refractivity contribution in [2.24, 2.45) is 0 Å². The molecule has 1 aliphatic heterocycles. The number of sulfone groups is 1. The van der Waals surface area contributed by atoms with Gasteiger partial charge in [0.2, 0.25) is 0 Å². The van der Waals surface area contributed by atoms with Crippen LogP contribution in [-0.2, 0) is 9.84 Å². The van der Waals surface area contributed by atoms with Gasteiger partial charge in [0.25, 0.3) is 0 Å². The van der Waals surface area contributed by atoms with E-state index in [1.54, 1.807) is 12.1 Å². The predicted molar refractivity (Wildman–Crippen MR) is 68.7 cm³/mol. The zero-order valence-electron chi connectivity index (χ0n) is 10.3. The SMILES string of the molecule is CCCC1C(NCC)c2ccccc2S1(=O)=O. The first-order chi connectivity index (χ1) is 8.12. The molecular weight excluding hydrogens is 234 g/mol. The molecule has 1 aromatic rings. The minimum atomic E-state index is -3.14. The van der Waals surface area contributed by atoms with Gasteiger partial charge < -0.3 is 5.32 Å². The van der Waals surface area contributed by atoms with Gasteiger partial charge in [-0.25, -0.2) is 8.42 Å². The van der Waals surface area contributed by atoms with Crippen LogP contribution >= 0.6 is 0 Å². The zero-order valence-corrected chi connectivity index (χ0v) is 11.1. The van der Waals surface area contributed by atoms with E-state index in [0.717, 1.165) is 18.5 Å². The molecule has 1 N–H and O–H groups in total. The number of nitrogens with one attached hydrogen (secondary N) is 1. The maximum atomic E-state index is 12.4. The van der Waals surface area contributed by atoms with E-state index in [9.17, 15) is 8.42 Å². The van der Waals surface area contributed by atoms with Crippen LogP contribution in [-0.4, -0.2) is 20.2 Å². The molecule has 1 aliphatic rings. The van der Waals surface area contributed by atoms with Crippen molar-refractivity contribution < 1.29 is 8.42 Å². The second-order valence-corrected chi connectivity index (χ2v) is 6.58. The molecule has 94 valence electrons. The minimum absolute atomic E-state index is 0.0406. The van der Waals surface area contributed by atoms with E-state index in [1.165, 1.54) is 0 Å². The first-order valence-electron chi connectivity index (χ1n) is 6.19. The van der Waals surface area contributed by atoms with Gasteiger partial charge >= 0.3 is 0 Å². The van der Waals surface area contributed by atoms with E-state index in [0.29, 0.717) is 11.3 Å². The highest BCUT2D eigenvalue weighted by atomic mass is 32.2. The molecule has 2 atom stereocenters. The van der Waals surface area contributed by atoms with Crippen LogP contribution in [0.4, 0.5) is 0 Å². The molecule has 0 radical (unpaired) electrons. The summed E-state index contributed by atoms with van der Waals surface area (Å²) in [7, 11) is -3.14. The molecular formula is C13H19NO2S. The van der Waals surface area contributed by atoms with Gasteiger partial charge in [-0.3, -0.25) is 0 Å². The fourth-order valence-corrected chi connectivity index (χ4v) is 4.87. The first-order valence-corrected chi connectivity index (χ1v) is 7.73. The van der Waals surface area contributed by atoms with E-state index in [2.05, 4.69) is 5.32 Å². The molecule has 0 saturated heterocycles. The van der Waals surface area contributed by atoms with Gasteiger partial charge in [-0.05, 0) is 24.6 Å². The second-order valence-electron chi connectivity index (χ2n) is 4.45. The van der Waals surface area contributed by atoms with Gasteiger partial charge in [-0.1, -0.05) is 38.5 Å². The van der Waals surface area contributed by atoms with Gasteiger partial charge in [0.1, 0.15) is 0 Å². The largest absolute Gasteiger partial charge is 0.309 e. The lowest BCUT2D eigenvalue weighted by atomic mass is 10.0. The Labute approximate surface area is 103 Å². The van der Waals surface area contributed by atoms with Crippen LogP contribution in [0, 0.1) is 0 Å². The van der Waals surface area contributed by atoms with Crippen molar-refractivity contribution in [1.82, 2.24) is 5.32 Å². The summed E-state index contributed by atoms with van der Waals surface area (Å²) in [4.78, 5) is 0.518. The number of rotatable bonds is 4. The molecule has 0 fully saturated rings. The molecule has 2 rings (SSSR count). The number of fused-ring (bicyclic) bond motifs is 1. The summed E-state index contributed by atoms with van der Waals surface area (Å²) in [5.74, 6) is 0. The van der Waals surface area contributed by atoms with E-state index in [-0.39, 0.29) is 11.3 Å². The van der Waals surface area contributed by atoms with E-state index in [1.807, 2.05) is 26.0 Å². The number of benzene rings is 1. The summed E-state index contributed by atoms with van der Waals surface area (Å²) in [6.07, 6.45) is 1.61. The van der Waals surface area contributed by atoms with Crippen molar-refractivity contribution >= 4 is 9.84 Å². The Morgan fingerprint density at radius 3 is 2.59 bits per heavy atom. The van der Waals surface area contributed by atoms with E-state index in [4.69, 9.17) is 0 Å². The predicted octanol–water partition coefficient (Wildman–Crippen LogP) is 2.29. The van der Waals surface area contributed by atoms with Gasteiger partial charge in [0.05, 0.1) is 16.2 Å². The van der Waals surface area contributed by atoms with Crippen LogP contribution in [0.2, 0.25) is 0 Å². The summed E-state index contributed by atoms with van der Waals surface area (Å²) >= 11 is 0. The summed E-state index contributed by atoms with van der Waals surface area (Å²) in [5.41, 5.74) is 0.938. The number of hydrogen-bond donors (Lipinski definition) is 1. The Hall–Kier alpha value is -0.870. The third kappa shape index (κ3) is 2.00. The quantitative estimate of drug-likeness (QED) is 0.895. The van der Waals surface area contributed by atoms with E-state index >= 15 is 0 Å². The van der Waals surface area contributed by atoms with Gasteiger partial charge in [0.15, 0.2) is 9.84 Å². The van der Waals surface area contributed by atoms with Crippen LogP contribution in [0.1, 0.15) is 38.3 Å². The highest BCUT2D eigenvalue weighted by molar-refractivity contribution is 7.92. The topological polar surface area (TPSA) is 46.2 Å². The molecule has 0 aliphatic carbocycles. The molecule has 3 nitrogen and oxygen atoms in total. The molecule has 4 heteroatoms. The summed E-state index contributed by atoms with van der Waals surface area (Å²) in [5, 5.41) is 3.01. The van der Waals surface area contributed by atoms with Gasteiger partial charge in [-0.15, -0.1) is 0 Å². The first kappa shape index (κ1) is 12.6. The molecule has 0 aromatic heterocycles. The monoisotopic (exact) mass is 253 g/mol. The average molecular weight is 253 g/mol. The van der Waals surface area contributed by atoms with Crippen molar-refractivity contribution in [2.45, 2.75) is 42.9 Å². The molecule has 2 unspecified atom stereocenters. The van der Waals surface area contributed by atoms with Crippen LogP contribution in [0.5, 0.6) is 0 Å². The zero-order chi connectivity index (χ0) is 12.5. The fraction of sp³-hybridized carbons (Fsp3) is 0.538. The Morgan fingerprint density at radius 2 is 1.94 bits per heavy atom. The smallest absolute Gasteiger partial charge is 0.183 e. The van der Waals surface area contributed by atoms with Gasteiger partial charge in [0, 0.05) is 0 Å². The highest BCUT2D eigenvalue weighted by Crippen LogP contribution is 2.40. The fourth-order valence-electron chi connectivity index (χ4n) is 2.61.